The highest BCUT2D eigenvalue weighted by atomic mass is 16.5. The molecule has 0 saturated heterocycles. The average molecular weight is 249 g/mol. The molecule has 0 aromatic heterocycles. The Bertz CT molecular complexity index is 392. The van der Waals surface area contributed by atoms with Gasteiger partial charge < -0.3 is 15.2 Å². The van der Waals surface area contributed by atoms with Gasteiger partial charge in [-0.1, -0.05) is 6.07 Å². The van der Waals surface area contributed by atoms with E-state index in [2.05, 4.69) is 19.1 Å². The predicted molar refractivity (Wildman–Crippen MR) is 72.9 cm³/mol. The van der Waals surface area contributed by atoms with Crippen LogP contribution in [0.5, 0.6) is 5.75 Å². The number of nitrogens with two attached hydrogens (primary N) is 1. The number of ether oxygens (including phenoxy) is 2. The van der Waals surface area contributed by atoms with Crippen molar-refractivity contribution in [3.8, 4) is 5.75 Å². The molecule has 0 saturated carbocycles. The number of hydrogen-bond donors (Lipinski definition) is 1. The fourth-order valence-corrected chi connectivity index (χ4v) is 2.48. The molecule has 2 rings (SSSR count). The maximum Gasteiger partial charge on any atom is 0.119 e. The predicted octanol–water partition coefficient (Wildman–Crippen LogP) is 2.83. The molecule has 0 heterocycles. The highest BCUT2D eigenvalue weighted by molar-refractivity contribution is 5.38. The SMILES string of the molecule is COCCC(C)Oc1ccc2c(c1)CCCC2N. The smallest absolute Gasteiger partial charge is 0.119 e. The zero-order valence-electron chi connectivity index (χ0n) is 11.3. The highest BCUT2D eigenvalue weighted by Crippen LogP contribution is 2.30. The van der Waals surface area contributed by atoms with E-state index in [0.717, 1.165) is 31.6 Å². The van der Waals surface area contributed by atoms with Gasteiger partial charge in [0.1, 0.15) is 5.75 Å². The molecule has 0 radical (unpaired) electrons. The Morgan fingerprint density at radius 3 is 3.06 bits per heavy atom. The first-order valence-corrected chi connectivity index (χ1v) is 6.74. The lowest BCUT2D eigenvalue weighted by Gasteiger charge is -2.23. The topological polar surface area (TPSA) is 44.5 Å². The van der Waals surface area contributed by atoms with Gasteiger partial charge in [0, 0.05) is 26.2 Å². The molecule has 0 spiro atoms. The second kappa shape index (κ2) is 6.21. The minimum atomic E-state index is 0.181. The van der Waals surface area contributed by atoms with Gasteiger partial charge >= 0.3 is 0 Å². The maximum absolute atomic E-state index is 6.11. The third-order valence-electron chi connectivity index (χ3n) is 3.54. The summed E-state index contributed by atoms with van der Waals surface area (Å²) in [6.07, 6.45) is 4.48. The van der Waals surface area contributed by atoms with E-state index in [9.17, 15) is 0 Å². The van der Waals surface area contributed by atoms with Gasteiger partial charge in [-0.25, -0.2) is 0 Å². The van der Waals surface area contributed by atoms with Crippen molar-refractivity contribution in [1.29, 1.82) is 0 Å². The van der Waals surface area contributed by atoms with Gasteiger partial charge in [-0.05, 0) is 49.4 Å². The van der Waals surface area contributed by atoms with E-state index in [1.807, 2.05) is 6.07 Å². The van der Waals surface area contributed by atoms with Crippen LogP contribution in [0, 0.1) is 0 Å². The molecule has 1 aromatic rings. The number of methoxy groups -OCH3 is 1. The Hall–Kier alpha value is -1.06. The van der Waals surface area contributed by atoms with Gasteiger partial charge in [0.2, 0.25) is 0 Å². The minimum Gasteiger partial charge on any atom is -0.491 e. The van der Waals surface area contributed by atoms with E-state index >= 15 is 0 Å². The van der Waals surface area contributed by atoms with Crippen LogP contribution in [0.25, 0.3) is 0 Å². The van der Waals surface area contributed by atoms with Crippen LogP contribution < -0.4 is 10.5 Å². The average Bonchev–Trinajstić information content (AvgIpc) is 2.36. The van der Waals surface area contributed by atoms with Crippen LogP contribution in [0.2, 0.25) is 0 Å². The second-order valence-electron chi connectivity index (χ2n) is 5.07. The molecule has 18 heavy (non-hydrogen) atoms. The second-order valence-corrected chi connectivity index (χ2v) is 5.07. The van der Waals surface area contributed by atoms with E-state index in [1.54, 1.807) is 7.11 Å². The normalized spacial score (nSPS) is 20.3. The van der Waals surface area contributed by atoms with Crippen LogP contribution >= 0.6 is 0 Å². The monoisotopic (exact) mass is 249 g/mol. The van der Waals surface area contributed by atoms with Crippen LogP contribution in [0.4, 0.5) is 0 Å². The van der Waals surface area contributed by atoms with Gasteiger partial charge in [0.15, 0.2) is 0 Å². The summed E-state index contributed by atoms with van der Waals surface area (Å²) in [6.45, 7) is 2.81. The highest BCUT2D eigenvalue weighted by Gasteiger charge is 2.17. The van der Waals surface area contributed by atoms with E-state index < -0.39 is 0 Å². The first kappa shape index (κ1) is 13.4. The Morgan fingerprint density at radius 1 is 1.44 bits per heavy atom. The standard InChI is InChI=1S/C15H23NO2/c1-11(8-9-17-2)18-13-6-7-14-12(10-13)4-3-5-15(14)16/h6-7,10-11,15H,3-5,8-9,16H2,1-2H3. The molecule has 0 bridgehead atoms. The third-order valence-corrected chi connectivity index (χ3v) is 3.54. The zero-order valence-corrected chi connectivity index (χ0v) is 11.3. The number of rotatable bonds is 5. The molecular formula is C15H23NO2. The van der Waals surface area contributed by atoms with Crippen LogP contribution in [0.15, 0.2) is 18.2 Å². The van der Waals surface area contributed by atoms with Gasteiger partial charge in [0.25, 0.3) is 0 Å². The summed E-state index contributed by atoms with van der Waals surface area (Å²) in [7, 11) is 1.72. The molecule has 2 N–H and O–H groups in total. The van der Waals surface area contributed by atoms with Crippen molar-refractivity contribution in [2.45, 2.75) is 44.8 Å². The number of benzene rings is 1. The summed E-state index contributed by atoms with van der Waals surface area (Å²) < 4.78 is 11.0. The molecule has 3 nitrogen and oxygen atoms in total. The first-order chi connectivity index (χ1) is 8.70. The van der Waals surface area contributed by atoms with Crippen molar-refractivity contribution in [2.75, 3.05) is 13.7 Å². The minimum absolute atomic E-state index is 0.181. The summed E-state index contributed by atoms with van der Waals surface area (Å²) in [4.78, 5) is 0. The molecule has 100 valence electrons. The van der Waals surface area contributed by atoms with Crippen molar-refractivity contribution in [3.05, 3.63) is 29.3 Å². The third kappa shape index (κ3) is 3.24. The lowest BCUT2D eigenvalue weighted by Crippen LogP contribution is -2.18. The molecule has 0 fully saturated rings. The Kier molecular flexibility index (Phi) is 4.61. The van der Waals surface area contributed by atoms with Crippen molar-refractivity contribution < 1.29 is 9.47 Å². The lowest BCUT2D eigenvalue weighted by atomic mass is 9.88. The maximum atomic E-state index is 6.11. The summed E-state index contributed by atoms with van der Waals surface area (Å²) in [6, 6.07) is 6.51. The van der Waals surface area contributed by atoms with Crippen LogP contribution in [-0.2, 0) is 11.2 Å². The van der Waals surface area contributed by atoms with Crippen LogP contribution in [0.3, 0.4) is 0 Å². The number of fused-ring (bicyclic) bond motifs is 1. The summed E-state index contributed by atoms with van der Waals surface area (Å²) >= 11 is 0. The Balaban J connectivity index is 2.02. The van der Waals surface area contributed by atoms with E-state index in [-0.39, 0.29) is 12.1 Å². The Morgan fingerprint density at radius 2 is 2.28 bits per heavy atom. The summed E-state index contributed by atoms with van der Waals surface area (Å²) in [5.41, 5.74) is 8.75. The van der Waals surface area contributed by atoms with E-state index in [0.29, 0.717) is 0 Å². The molecule has 2 atom stereocenters. The lowest BCUT2D eigenvalue weighted by molar-refractivity contribution is 0.135. The summed E-state index contributed by atoms with van der Waals surface area (Å²) in [5.74, 6) is 0.950. The van der Waals surface area contributed by atoms with Gasteiger partial charge in [-0.15, -0.1) is 0 Å². The zero-order chi connectivity index (χ0) is 13.0. The van der Waals surface area contributed by atoms with Crippen LogP contribution in [-0.4, -0.2) is 19.8 Å². The Labute approximate surface area is 109 Å². The van der Waals surface area contributed by atoms with Gasteiger partial charge in [-0.3, -0.25) is 0 Å². The largest absolute Gasteiger partial charge is 0.491 e. The van der Waals surface area contributed by atoms with Gasteiger partial charge in [0.05, 0.1) is 6.10 Å². The fourth-order valence-electron chi connectivity index (χ4n) is 2.48. The van der Waals surface area contributed by atoms with Crippen molar-refractivity contribution >= 4 is 0 Å². The molecule has 1 aliphatic carbocycles. The van der Waals surface area contributed by atoms with Crippen molar-refractivity contribution in [3.63, 3.8) is 0 Å². The number of aryl methyl sites for hydroxylation is 1. The van der Waals surface area contributed by atoms with Gasteiger partial charge in [-0.2, -0.15) is 0 Å². The van der Waals surface area contributed by atoms with Crippen molar-refractivity contribution in [2.24, 2.45) is 5.73 Å². The van der Waals surface area contributed by atoms with Crippen molar-refractivity contribution in [1.82, 2.24) is 0 Å². The molecule has 2 unspecified atom stereocenters. The molecule has 3 heteroatoms. The summed E-state index contributed by atoms with van der Waals surface area (Å²) in [5, 5.41) is 0. The molecule has 1 aromatic carbocycles. The molecule has 0 amide bonds. The quantitative estimate of drug-likeness (QED) is 0.872. The van der Waals surface area contributed by atoms with E-state index in [4.69, 9.17) is 15.2 Å². The number of hydrogen-bond acceptors (Lipinski definition) is 3. The first-order valence-electron chi connectivity index (χ1n) is 6.74. The van der Waals surface area contributed by atoms with Crippen LogP contribution in [0.1, 0.15) is 43.4 Å². The fraction of sp³-hybridized carbons (Fsp3) is 0.600. The molecule has 1 aliphatic rings. The van der Waals surface area contributed by atoms with E-state index in [1.165, 1.54) is 17.5 Å². The molecular weight excluding hydrogens is 226 g/mol. The molecule has 0 aliphatic heterocycles.